The number of amides is 1. The van der Waals surface area contributed by atoms with E-state index in [1.165, 1.54) is 5.56 Å². The van der Waals surface area contributed by atoms with Crippen molar-refractivity contribution in [1.82, 2.24) is 4.90 Å². The zero-order valence-electron chi connectivity index (χ0n) is 20.5. The first kappa shape index (κ1) is 25.6. The van der Waals surface area contributed by atoms with Crippen LogP contribution in [0.3, 0.4) is 0 Å². The van der Waals surface area contributed by atoms with Crippen LogP contribution in [-0.2, 0) is 17.8 Å². The van der Waals surface area contributed by atoms with Gasteiger partial charge in [-0.15, -0.1) is 0 Å². The van der Waals surface area contributed by atoms with Gasteiger partial charge in [0.15, 0.2) is 11.5 Å². The van der Waals surface area contributed by atoms with Gasteiger partial charge in [-0.1, -0.05) is 58.0 Å². The quantitative estimate of drug-likeness (QED) is 0.345. The van der Waals surface area contributed by atoms with Crippen molar-refractivity contribution < 1.29 is 14.3 Å². The van der Waals surface area contributed by atoms with Gasteiger partial charge in [-0.25, -0.2) is 0 Å². The number of hydrogen-bond donors (Lipinski definition) is 0. The molecule has 5 heteroatoms. The smallest absolute Gasteiger partial charge is 0.225 e. The predicted octanol–water partition coefficient (Wildman–Crippen LogP) is 6.89. The Morgan fingerprint density at radius 2 is 1.73 bits per heavy atom. The highest BCUT2D eigenvalue weighted by atomic mass is 79.9. The standard InChI is InChI=1S/C28H38BrNO3/c1-20(2)18-30(19-24-16-25(29)27-26(17-24)32-13-8-14-33-27)28(31)22(4)12-11-21(3)15-23-9-6-5-7-10-23/h5-7,9-10,16-17,20-22H,8,11-15,18-19H2,1-4H3. The molecular formula is C28H38BrNO3. The minimum Gasteiger partial charge on any atom is -0.490 e. The fourth-order valence-electron chi connectivity index (χ4n) is 4.36. The fourth-order valence-corrected chi connectivity index (χ4v) is 4.96. The third-order valence-corrected chi connectivity index (χ3v) is 6.66. The molecule has 0 saturated carbocycles. The fraction of sp³-hybridized carbons (Fsp3) is 0.536. The summed E-state index contributed by atoms with van der Waals surface area (Å²) in [7, 11) is 0. The molecule has 1 amide bonds. The minimum absolute atomic E-state index is 0.00539. The van der Waals surface area contributed by atoms with Crippen molar-refractivity contribution in [1.29, 1.82) is 0 Å². The summed E-state index contributed by atoms with van der Waals surface area (Å²) < 4.78 is 12.6. The Bertz CT molecular complexity index is 900. The zero-order chi connectivity index (χ0) is 23.8. The molecule has 0 N–H and O–H groups in total. The van der Waals surface area contributed by atoms with E-state index in [1.54, 1.807) is 0 Å². The number of fused-ring (bicyclic) bond motifs is 1. The van der Waals surface area contributed by atoms with E-state index in [9.17, 15) is 4.79 Å². The summed E-state index contributed by atoms with van der Waals surface area (Å²) in [6.45, 7) is 11.3. The van der Waals surface area contributed by atoms with Crippen LogP contribution in [0.1, 0.15) is 58.1 Å². The highest BCUT2D eigenvalue weighted by Crippen LogP contribution is 2.38. The molecule has 0 bridgehead atoms. The maximum atomic E-state index is 13.4. The van der Waals surface area contributed by atoms with Crippen LogP contribution in [0.4, 0.5) is 0 Å². The lowest BCUT2D eigenvalue weighted by molar-refractivity contribution is -0.136. The summed E-state index contributed by atoms with van der Waals surface area (Å²) in [5.41, 5.74) is 2.43. The lowest BCUT2D eigenvalue weighted by atomic mass is 9.92. The second-order valence-corrected chi connectivity index (χ2v) is 10.7. The van der Waals surface area contributed by atoms with Gasteiger partial charge in [0.1, 0.15) is 0 Å². The number of ether oxygens (including phenoxy) is 2. The normalized spacial score (nSPS) is 15.1. The van der Waals surface area contributed by atoms with Crippen LogP contribution in [0.25, 0.3) is 0 Å². The van der Waals surface area contributed by atoms with Crippen LogP contribution in [0, 0.1) is 17.8 Å². The molecule has 1 aliphatic rings. The lowest BCUT2D eigenvalue weighted by Gasteiger charge is -2.28. The summed E-state index contributed by atoms with van der Waals surface area (Å²) in [5, 5.41) is 0. The predicted molar refractivity (Wildman–Crippen MR) is 138 cm³/mol. The Balaban J connectivity index is 1.63. The first-order chi connectivity index (χ1) is 15.8. The Morgan fingerprint density at radius 3 is 2.45 bits per heavy atom. The van der Waals surface area contributed by atoms with E-state index in [-0.39, 0.29) is 11.8 Å². The maximum absolute atomic E-state index is 13.4. The number of carbonyl (C=O) groups is 1. The molecule has 0 aromatic heterocycles. The molecule has 0 saturated heterocycles. The molecular weight excluding hydrogens is 478 g/mol. The second-order valence-electron chi connectivity index (χ2n) is 9.84. The molecule has 0 spiro atoms. The second kappa shape index (κ2) is 12.5. The van der Waals surface area contributed by atoms with Crippen LogP contribution in [0.2, 0.25) is 0 Å². The maximum Gasteiger partial charge on any atom is 0.225 e. The van der Waals surface area contributed by atoms with Crippen LogP contribution >= 0.6 is 15.9 Å². The Hall–Kier alpha value is -2.01. The van der Waals surface area contributed by atoms with Gasteiger partial charge in [0.2, 0.25) is 5.91 Å². The molecule has 0 aliphatic carbocycles. The molecule has 180 valence electrons. The summed E-state index contributed by atoms with van der Waals surface area (Å²) in [5.74, 6) is 2.72. The van der Waals surface area contributed by atoms with E-state index < -0.39 is 0 Å². The van der Waals surface area contributed by atoms with Crippen LogP contribution in [0.15, 0.2) is 46.9 Å². The molecule has 2 aromatic carbocycles. The van der Waals surface area contributed by atoms with Gasteiger partial charge in [-0.3, -0.25) is 4.79 Å². The molecule has 0 radical (unpaired) electrons. The summed E-state index contributed by atoms with van der Waals surface area (Å²) in [6.07, 6.45) is 3.89. The van der Waals surface area contributed by atoms with Crippen molar-refractivity contribution >= 4 is 21.8 Å². The molecule has 0 fully saturated rings. The molecule has 3 rings (SSSR count). The lowest BCUT2D eigenvalue weighted by Crippen LogP contribution is -2.37. The van der Waals surface area contributed by atoms with Crippen LogP contribution in [-0.4, -0.2) is 30.6 Å². The van der Waals surface area contributed by atoms with Gasteiger partial charge < -0.3 is 14.4 Å². The van der Waals surface area contributed by atoms with Gasteiger partial charge in [0.25, 0.3) is 0 Å². The van der Waals surface area contributed by atoms with Gasteiger partial charge in [0.05, 0.1) is 17.7 Å². The van der Waals surface area contributed by atoms with Gasteiger partial charge in [0, 0.05) is 25.4 Å². The summed E-state index contributed by atoms with van der Waals surface area (Å²) in [4.78, 5) is 15.5. The topological polar surface area (TPSA) is 38.8 Å². The van der Waals surface area contributed by atoms with Crippen molar-refractivity contribution in [3.05, 3.63) is 58.1 Å². The third-order valence-electron chi connectivity index (χ3n) is 6.07. The Morgan fingerprint density at radius 1 is 1.00 bits per heavy atom. The van der Waals surface area contributed by atoms with E-state index in [4.69, 9.17) is 9.47 Å². The highest BCUT2D eigenvalue weighted by Gasteiger charge is 2.24. The molecule has 2 unspecified atom stereocenters. The van der Waals surface area contributed by atoms with E-state index in [0.717, 1.165) is 53.8 Å². The monoisotopic (exact) mass is 515 g/mol. The first-order valence-electron chi connectivity index (χ1n) is 12.2. The Kier molecular flexibility index (Phi) is 9.66. The van der Waals surface area contributed by atoms with Crippen molar-refractivity contribution in [2.45, 2.75) is 59.9 Å². The summed E-state index contributed by atoms with van der Waals surface area (Å²) >= 11 is 3.63. The third kappa shape index (κ3) is 7.77. The average Bonchev–Trinajstić information content (AvgIpc) is 3.03. The zero-order valence-corrected chi connectivity index (χ0v) is 22.1. The number of benzene rings is 2. The number of rotatable bonds is 10. The number of nitrogens with zero attached hydrogens (tertiary/aromatic N) is 1. The first-order valence-corrected chi connectivity index (χ1v) is 13.0. The largest absolute Gasteiger partial charge is 0.490 e. The van der Waals surface area contributed by atoms with E-state index >= 15 is 0 Å². The van der Waals surface area contributed by atoms with Gasteiger partial charge in [-0.2, -0.15) is 0 Å². The van der Waals surface area contributed by atoms with Crippen molar-refractivity contribution in [3.63, 3.8) is 0 Å². The minimum atomic E-state index is 0.00539. The number of halogens is 1. The molecule has 4 nitrogen and oxygen atoms in total. The molecule has 2 atom stereocenters. The Labute approximate surface area is 207 Å². The van der Waals surface area contributed by atoms with E-state index in [1.807, 2.05) is 11.0 Å². The van der Waals surface area contributed by atoms with Crippen molar-refractivity contribution in [3.8, 4) is 11.5 Å². The average molecular weight is 517 g/mol. The van der Waals surface area contributed by atoms with Crippen molar-refractivity contribution in [2.24, 2.45) is 17.8 Å². The molecule has 1 heterocycles. The summed E-state index contributed by atoms with van der Waals surface area (Å²) in [6, 6.07) is 14.7. The molecule has 33 heavy (non-hydrogen) atoms. The molecule has 2 aromatic rings. The van der Waals surface area contributed by atoms with E-state index in [2.05, 4.69) is 80.0 Å². The van der Waals surface area contributed by atoms with Gasteiger partial charge >= 0.3 is 0 Å². The molecule has 1 aliphatic heterocycles. The SMILES string of the molecule is CC(C)CN(Cc1cc(Br)c2c(c1)OCCCO2)C(=O)C(C)CCC(C)Cc1ccccc1. The van der Waals surface area contributed by atoms with Crippen LogP contribution < -0.4 is 9.47 Å². The van der Waals surface area contributed by atoms with Crippen molar-refractivity contribution in [2.75, 3.05) is 19.8 Å². The number of hydrogen-bond acceptors (Lipinski definition) is 3. The van der Waals surface area contributed by atoms with Crippen LogP contribution in [0.5, 0.6) is 11.5 Å². The highest BCUT2D eigenvalue weighted by molar-refractivity contribution is 9.10. The van der Waals surface area contributed by atoms with Gasteiger partial charge in [-0.05, 0) is 70.3 Å². The van der Waals surface area contributed by atoms with E-state index in [0.29, 0.717) is 31.6 Å². The number of carbonyl (C=O) groups excluding carboxylic acids is 1.